The maximum atomic E-state index is 13.3. The molecule has 0 atom stereocenters. The van der Waals surface area contributed by atoms with E-state index in [-0.39, 0.29) is 20.6 Å². The van der Waals surface area contributed by atoms with Crippen LogP contribution in [0.3, 0.4) is 0 Å². The highest BCUT2D eigenvalue weighted by molar-refractivity contribution is 7.92. The van der Waals surface area contributed by atoms with Crippen LogP contribution in [0.2, 0.25) is 10.0 Å². The van der Waals surface area contributed by atoms with Crippen molar-refractivity contribution in [1.29, 1.82) is 0 Å². The fourth-order valence-electron chi connectivity index (χ4n) is 3.34. The summed E-state index contributed by atoms with van der Waals surface area (Å²) in [5, 5.41) is 11.3. The Bertz CT molecular complexity index is 1410. The molecule has 1 aromatic heterocycles. The zero-order valence-electron chi connectivity index (χ0n) is 16.4. The minimum Gasteiger partial charge on any atom is -0.480 e. The molecule has 1 heterocycles. The van der Waals surface area contributed by atoms with E-state index in [1.807, 2.05) is 30.3 Å². The molecule has 9 heteroatoms. The first kappa shape index (κ1) is 22.1. The molecule has 32 heavy (non-hydrogen) atoms. The maximum Gasteiger partial charge on any atom is 0.324 e. The molecule has 0 fully saturated rings. The number of hydrogen-bond donors (Lipinski definition) is 1. The van der Waals surface area contributed by atoms with Gasteiger partial charge in [0.15, 0.2) is 0 Å². The van der Waals surface area contributed by atoms with E-state index >= 15 is 0 Å². The highest BCUT2D eigenvalue weighted by Gasteiger charge is 2.28. The Morgan fingerprint density at radius 3 is 2.25 bits per heavy atom. The summed E-state index contributed by atoms with van der Waals surface area (Å²) >= 11 is 11.9. The second-order valence-corrected chi connectivity index (χ2v) is 9.73. The number of nitrogens with zero attached hydrogens (tertiary/aromatic N) is 2. The summed E-state index contributed by atoms with van der Waals surface area (Å²) in [5.74, 6) is -1.30. The average Bonchev–Trinajstić information content (AvgIpc) is 2.76. The van der Waals surface area contributed by atoms with E-state index in [1.54, 1.807) is 30.6 Å². The zero-order valence-corrected chi connectivity index (χ0v) is 18.8. The minimum atomic E-state index is -4.24. The van der Waals surface area contributed by atoms with E-state index in [0.29, 0.717) is 0 Å². The van der Waals surface area contributed by atoms with Crippen LogP contribution in [0.1, 0.15) is 0 Å². The number of pyridine rings is 1. The van der Waals surface area contributed by atoms with Crippen LogP contribution in [0, 0.1) is 0 Å². The first-order valence-electron chi connectivity index (χ1n) is 9.39. The van der Waals surface area contributed by atoms with E-state index in [0.717, 1.165) is 26.2 Å². The van der Waals surface area contributed by atoms with Gasteiger partial charge in [0.05, 0.1) is 10.6 Å². The van der Waals surface area contributed by atoms with E-state index < -0.39 is 22.5 Å². The fourth-order valence-corrected chi connectivity index (χ4v) is 5.48. The molecule has 4 aromatic rings. The van der Waals surface area contributed by atoms with Gasteiger partial charge in [0.1, 0.15) is 6.54 Å². The molecular weight excluding hydrogens is 471 g/mol. The molecule has 0 amide bonds. The molecule has 162 valence electrons. The molecule has 0 aliphatic rings. The van der Waals surface area contributed by atoms with Gasteiger partial charge in [-0.15, -0.1) is 0 Å². The Labute approximate surface area is 194 Å². The highest BCUT2D eigenvalue weighted by atomic mass is 35.5. The van der Waals surface area contributed by atoms with Crippen molar-refractivity contribution in [2.45, 2.75) is 4.90 Å². The van der Waals surface area contributed by atoms with Crippen molar-refractivity contribution in [3.63, 3.8) is 0 Å². The molecule has 0 bridgehead atoms. The molecule has 4 rings (SSSR count). The summed E-state index contributed by atoms with van der Waals surface area (Å²) < 4.78 is 27.4. The number of carboxylic acid groups (broad SMARTS) is 1. The Balaban J connectivity index is 1.79. The van der Waals surface area contributed by atoms with Gasteiger partial charge in [-0.05, 0) is 58.8 Å². The summed E-state index contributed by atoms with van der Waals surface area (Å²) in [6, 6.07) is 18.3. The quantitative estimate of drug-likeness (QED) is 0.389. The predicted octanol–water partition coefficient (Wildman–Crippen LogP) is 5.49. The van der Waals surface area contributed by atoms with Crippen molar-refractivity contribution in [2.24, 2.45) is 0 Å². The minimum absolute atomic E-state index is 0.132. The van der Waals surface area contributed by atoms with Gasteiger partial charge in [0.25, 0.3) is 10.0 Å². The number of aromatic nitrogens is 1. The van der Waals surface area contributed by atoms with Gasteiger partial charge in [0.2, 0.25) is 0 Å². The van der Waals surface area contributed by atoms with Gasteiger partial charge in [-0.3, -0.25) is 14.1 Å². The number of sulfonamides is 1. The van der Waals surface area contributed by atoms with Crippen LogP contribution in [-0.4, -0.2) is 31.0 Å². The van der Waals surface area contributed by atoms with Crippen molar-refractivity contribution in [3.8, 4) is 11.1 Å². The van der Waals surface area contributed by atoms with Crippen LogP contribution in [0.5, 0.6) is 0 Å². The molecule has 0 aliphatic carbocycles. The van der Waals surface area contributed by atoms with Gasteiger partial charge >= 0.3 is 5.97 Å². The average molecular weight is 487 g/mol. The summed E-state index contributed by atoms with van der Waals surface area (Å²) in [6.07, 6.45) is 3.45. The van der Waals surface area contributed by atoms with Gasteiger partial charge in [-0.25, -0.2) is 8.42 Å². The summed E-state index contributed by atoms with van der Waals surface area (Å²) in [6.45, 7) is -0.758. The molecule has 0 unspecified atom stereocenters. The first-order chi connectivity index (χ1) is 15.2. The van der Waals surface area contributed by atoms with Crippen molar-refractivity contribution in [3.05, 3.63) is 89.2 Å². The number of hydrogen-bond acceptors (Lipinski definition) is 4. The summed E-state index contributed by atoms with van der Waals surface area (Å²) in [4.78, 5) is 15.4. The number of halogens is 2. The van der Waals surface area contributed by atoms with E-state index in [9.17, 15) is 18.3 Å². The number of fused-ring (bicyclic) bond motifs is 1. The van der Waals surface area contributed by atoms with Gasteiger partial charge in [-0.1, -0.05) is 47.5 Å². The standard InChI is InChI=1S/C23H16Cl2N2O4S/c24-19-10-20(25)12-22(11-19)32(30,31)27(14-23(28)29)21-6-5-15-8-16(3-4-17(15)9-21)18-2-1-7-26-13-18/h1-13H,14H2,(H,28,29). The second kappa shape index (κ2) is 8.78. The zero-order chi connectivity index (χ0) is 22.9. The lowest BCUT2D eigenvalue weighted by molar-refractivity contribution is -0.135. The molecule has 1 N–H and O–H groups in total. The molecule has 0 spiro atoms. The molecule has 3 aromatic carbocycles. The molecule has 0 saturated heterocycles. The number of benzene rings is 3. The lowest BCUT2D eigenvalue weighted by Gasteiger charge is -2.23. The Morgan fingerprint density at radius 1 is 0.906 bits per heavy atom. The number of aliphatic carboxylic acids is 1. The summed E-state index contributed by atoms with van der Waals surface area (Å²) in [7, 11) is -4.24. The van der Waals surface area contributed by atoms with E-state index in [2.05, 4.69) is 4.98 Å². The number of anilines is 1. The van der Waals surface area contributed by atoms with Gasteiger partial charge in [-0.2, -0.15) is 0 Å². The monoisotopic (exact) mass is 486 g/mol. The van der Waals surface area contributed by atoms with E-state index in [1.165, 1.54) is 18.2 Å². The van der Waals surface area contributed by atoms with Crippen molar-refractivity contribution < 1.29 is 18.3 Å². The Kier molecular flexibility index (Phi) is 6.06. The molecule has 0 saturated carbocycles. The van der Waals surface area contributed by atoms with Crippen LogP contribution in [0.4, 0.5) is 5.69 Å². The number of carbonyl (C=O) groups is 1. The number of carboxylic acids is 1. The predicted molar refractivity (Wildman–Crippen MR) is 126 cm³/mol. The third kappa shape index (κ3) is 4.55. The van der Waals surface area contributed by atoms with Crippen LogP contribution < -0.4 is 4.31 Å². The number of rotatable bonds is 6. The SMILES string of the molecule is O=C(O)CN(c1ccc2cc(-c3cccnc3)ccc2c1)S(=O)(=O)c1cc(Cl)cc(Cl)c1. The normalized spacial score (nSPS) is 11.4. The molecule has 0 aliphatic heterocycles. The van der Waals surface area contributed by atoms with Crippen molar-refractivity contribution in [1.82, 2.24) is 4.98 Å². The Hall–Kier alpha value is -3.13. The third-order valence-corrected chi connectivity index (χ3v) is 7.00. The maximum absolute atomic E-state index is 13.3. The molecule has 6 nitrogen and oxygen atoms in total. The molecule has 0 radical (unpaired) electrons. The second-order valence-electron chi connectivity index (χ2n) is 7.00. The first-order valence-corrected chi connectivity index (χ1v) is 11.6. The Morgan fingerprint density at radius 2 is 1.59 bits per heavy atom. The van der Waals surface area contributed by atoms with Crippen LogP contribution in [-0.2, 0) is 14.8 Å². The van der Waals surface area contributed by atoms with Gasteiger partial charge in [0, 0.05) is 28.0 Å². The smallest absolute Gasteiger partial charge is 0.324 e. The molecular formula is C23H16Cl2N2O4S. The van der Waals surface area contributed by atoms with Crippen LogP contribution >= 0.6 is 23.2 Å². The van der Waals surface area contributed by atoms with Crippen molar-refractivity contribution in [2.75, 3.05) is 10.8 Å². The fraction of sp³-hybridized carbons (Fsp3) is 0.0435. The van der Waals surface area contributed by atoms with Crippen molar-refractivity contribution >= 4 is 55.7 Å². The van der Waals surface area contributed by atoms with Crippen LogP contribution in [0.25, 0.3) is 21.9 Å². The highest BCUT2D eigenvalue weighted by Crippen LogP contribution is 2.31. The summed E-state index contributed by atoms with van der Waals surface area (Å²) in [5.41, 5.74) is 2.12. The lowest BCUT2D eigenvalue weighted by Crippen LogP contribution is -2.35. The van der Waals surface area contributed by atoms with E-state index in [4.69, 9.17) is 23.2 Å². The topological polar surface area (TPSA) is 87.6 Å². The van der Waals surface area contributed by atoms with Gasteiger partial charge < -0.3 is 5.11 Å². The largest absolute Gasteiger partial charge is 0.480 e. The lowest BCUT2D eigenvalue weighted by atomic mass is 10.0. The third-order valence-electron chi connectivity index (χ3n) is 4.81. The van der Waals surface area contributed by atoms with Crippen LogP contribution in [0.15, 0.2) is 84.0 Å².